The van der Waals surface area contributed by atoms with Gasteiger partial charge in [0.15, 0.2) is 0 Å². The fourth-order valence-electron chi connectivity index (χ4n) is 4.60. The maximum absolute atomic E-state index is 12.5. The molecule has 4 rings (SSSR count). The number of carbonyl (C=O) groups is 2. The van der Waals surface area contributed by atoms with Crippen LogP contribution in [-0.4, -0.2) is 66.5 Å². The lowest BCUT2D eigenvalue weighted by Gasteiger charge is -2.41. The predicted molar refractivity (Wildman–Crippen MR) is 140 cm³/mol. The zero-order valence-electron chi connectivity index (χ0n) is 21.0. The Kier molecular flexibility index (Phi) is 8.12. The average molecular weight is 510 g/mol. The van der Waals surface area contributed by atoms with E-state index in [0.717, 1.165) is 29.7 Å². The number of rotatable bonds is 8. The maximum Gasteiger partial charge on any atom is 0.242 e. The highest BCUT2D eigenvalue weighted by molar-refractivity contribution is 6.32. The predicted octanol–water partition coefficient (Wildman–Crippen LogP) is 4.14. The molecule has 0 bridgehead atoms. The van der Waals surface area contributed by atoms with Crippen LogP contribution in [0.3, 0.4) is 0 Å². The number of halogens is 1. The van der Waals surface area contributed by atoms with Gasteiger partial charge in [0.2, 0.25) is 11.8 Å². The molecule has 1 aliphatic carbocycles. The van der Waals surface area contributed by atoms with Crippen molar-refractivity contribution in [1.82, 2.24) is 9.88 Å². The highest BCUT2D eigenvalue weighted by Crippen LogP contribution is 2.45. The standard InChI is InChI=1S/C27H32ClN5O3/c1-17-16-32(10-11-33(17)24(34)9-12-36-3)26-21(15-29)14-23(25(31-26)19-7-8-19)20-5-4-6-22(13-20)30-27(35)18(2)28/h4-6,13-14,17-19H,7-12,16H2,1-3H3,(H,30,35)/t17-,18+/m1/s1. The van der Waals surface area contributed by atoms with Gasteiger partial charge in [-0.25, -0.2) is 4.98 Å². The zero-order chi connectivity index (χ0) is 25.8. The lowest BCUT2D eigenvalue weighted by molar-refractivity contribution is -0.134. The van der Waals surface area contributed by atoms with Crippen molar-refractivity contribution in [3.8, 4) is 17.2 Å². The fourth-order valence-corrected chi connectivity index (χ4v) is 4.65. The van der Waals surface area contributed by atoms with Gasteiger partial charge >= 0.3 is 0 Å². The number of pyridine rings is 1. The second kappa shape index (κ2) is 11.3. The number of benzene rings is 1. The number of ether oxygens (including phenoxy) is 1. The van der Waals surface area contributed by atoms with E-state index in [9.17, 15) is 14.9 Å². The first-order chi connectivity index (χ1) is 17.3. The minimum atomic E-state index is -0.639. The Bertz CT molecular complexity index is 1170. The molecule has 1 aromatic carbocycles. The molecular formula is C27H32ClN5O3. The molecule has 0 unspecified atom stereocenters. The number of hydrogen-bond donors (Lipinski definition) is 1. The van der Waals surface area contributed by atoms with E-state index in [4.69, 9.17) is 21.3 Å². The van der Waals surface area contributed by atoms with Crippen LogP contribution in [0.2, 0.25) is 0 Å². The van der Waals surface area contributed by atoms with E-state index in [2.05, 4.69) is 16.3 Å². The van der Waals surface area contributed by atoms with Crippen LogP contribution in [0.4, 0.5) is 11.5 Å². The quantitative estimate of drug-likeness (QED) is 0.537. The van der Waals surface area contributed by atoms with Crippen molar-refractivity contribution in [2.24, 2.45) is 0 Å². The van der Waals surface area contributed by atoms with E-state index < -0.39 is 5.38 Å². The van der Waals surface area contributed by atoms with Crippen LogP contribution >= 0.6 is 11.6 Å². The van der Waals surface area contributed by atoms with E-state index >= 15 is 0 Å². The van der Waals surface area contributed by atoms with Crippen LogP contribution in [-0.2, 0) is 14.3 Å². The second-order valence-electron chi connectivity index (χ2n) is 9.49. The molecule has 1 saturated carbocycles. The lowest BCUT2D eigenvalue weighted by atomic mass is 9.98. The second-order valence-corrected chi connectivity index (χ2v) is 10.1. The summed E-state index contributed by atoms with van der Waals surface area (Å²) in [5, 5.41) is 12.2. The summed E-state index contributed by atoms with van der Waals surface area (Å²) in [6.45, 7) is 5.88. The molecule has 1 saturated heterocycles. The van der Waals surface area contributed by atoms with Crippen LogP contribution < -0.4 is 10.2 Å². The number of alkyl halides is 1. The van der Waals surface area contributed by atoms with Crippen molar-refractivity contribution >= 4 is 34.9 Å². The Morgan fingerprint density at radius 3 is 2.72 bits per heavy atom. The molecule has 2 atom stereocenters. The highest BCUT2D eigenvalue weighted by atomic mass is 35.5. The van der Waals surface area contributed by atoms with Gasteiger partial charge in [-0.2, -0.15) is 5.26 Å². The largest absolute Gasteiger partial charge is 0.384 e. The Hall–Kier alpha value is -3.15. The van der Waals surface area contributed by atoms with Crippen LogP contribution in [0.1, 0.15) is 50.3 Å². The third-order valence-corrected chi connectivity index (χ3v) is 6.88. The number of hydrogen-bond acceptors (Lipinski definition) is 6. The van der Waals surface area contributed by atoms with Gasteiger partial charge in [-0.05, 0) is 50.5 Å². The number of nitrogens with zero attached hydrogens (tertiary/aromatic N) is 4. The molecule has 36 heavy (non-hydrogen) atoms. The topological polar surface area (TPSA) is 98.6 Å². The molecule has 2 fully saturated rings. The third-order valence-electron chi connectivity index (χ3n) is 6.69. The van der Waals surface area contributed by atoms with Crippen molar-refractivity contribution in [2.75, 3.05) is 43.6 Å². The lowest BCUT2D eigenvalue weighted by Crippen LogP contribution is -2.54. The minimum Gasteiger partial charge on any atom is -0.384 e. The highest BCUT2D eigenvalue weighted by Gasteiger charge is 2.33. The first-order valence-corrected chi connectivity index (χ1v) is 12.8. The maximum atomic E-state index is 12.5. The molecule has 190 valence electrons. The number of aromatic nitrogens is 1. The summed E-state index contributed by atoms with van der Waals surface area (Å²) in [4.78, 5) is 33.7. The summed E-state index contributed by atoms with van der Waals surface area (Å²) < 4.78 is 5.05. The summed E-state index contributed by atoms with van der Waals surface area (Å²) in [7, 11) is 1.59. The van der Waals surface area contributed by atoms with Gasteiger partial charge in [0.25, 0.3) is 0 Å². The molecule has 1 N–H and O–H groups in total. The van der Waals surface area contributed by atoms with E-state index in [0.29, 0.717) is 55.6 Å². The Morgan fingerprint density at radius 2 is 2.08 bits per heavy atom. The van der Waals surface area contributed by atoms with Crippen LogP contribution in [0, 0.1) is 11.3 Å². The van der Waals surface area contributed by atoms with Gasteiger partial charge in [0.05, 0.1) is 24.3 Å². The van der Waals surface area contributed by atoms with Gasteiger partial charge in [-0.1, -0.05) is 12.1 Å². The van der Waals surface area contributed by atoms with Crippen molar-refractivity contribution in [3.05, 3.63) is 41.6 Å². The van der Waals surface area contributed by atoms with Crippen molar-refractivity contribution < 1.29 is 14.3 Å². The van der Waals surface area contributed by atoms with Crippen LogP contribution in [0.5, 0.6) is 0 Å². The molecule has 2 aliphatic rings. The van der Waals surface area contributed by atoms with Crippen molar-refractivity contribution in [3.63, 3.8) is 0 Å². The Labute approximate surface area is 217 Å². The molecule has 2 aromatic rings. The number of amides is 2. The molecular weight excluding hydrogens is 478 g/mol. The summed E-state index contributed by atoms with van der Waals surface area (Å²) >= 11 is 5.91. The van der Waals surface area contributed by atoms with Crippen molar-refractivity contribution in [1.29, 1.82) is 5.26 Å². The van der Waals surface area contributed by atoms with E-state index in [-0.39, 0.29) is 17.9 Å². The fraction of sp³-hybridized carbons (Fsp3) is 0.481. The van der Waals surface area contributed by atoms with Gasteiger partial charge in [-0.15, -0.1) is 11.6 Å². The minimum absolute atomic E-state index is 0.00474. The SMILES string of the molecule is COCCC(=O)N1CCN(c2nc(C3CC3)c(-c3cccc(NC(=O)[C@H](C)Cl)c3)cc2C#N)C[C@H]1C. The van der Waals surface area contributed by atoms with Gasteiger partial charge in [-0.3, -0.25) is 9.59 Å². The van der Waals surface area contributed by atoms with Crippen LogP contribution in [0.25, 0.3) is 11.1 Å². The molecule has 2 amide bonds. The Morgan fingerprint density at radius 1 is 1.31 bits per heavy atom. The first kappa shape index (κ1) is 25.9. The molecule has 0 spiro atoms. The molecule has 2 heterocycles. The molecule has 0 radical (unpaired) electrons. The normalized spacial score (nSPS) is 18.5. The number of nitriles is 1. The van der Waals surface area contributed by atoms with Gasteiger partial charge in [0.1, 0.15) is 17.3 Å². The number of methoxy groups -OCH3 is 1. The molecule has 1 aliphatic heterocycles. The number of piperazine rings is 1. The van der Waals surface area contributed by atoms with Gasteiger partial charge < -0.3 is 19.9 Å². The molecule has 8 nitrogen and oxygen atoms in total. The molecule has 9 heteroatoms. The monoisotopic (exact) mass is 509 g/mol. The summed E-state index contributed by atoms with van der Waals surface area (Å²) in [6, 6.07) is 11.8. The summed E-state index contributed by atoms with van der Waals surface area (Å²) in [6.07, 6.45) is 2.49. The van der Waals surface area contributed by atoms with Crippen LogP contribution in [0.15, 0.2) is 30.3 Å². The molecule has 1 aromatic heterocycles. The third kappa shape index (κ3) is 5.80. The number of nitrogens with one attached hydrogen (secondary N) is 1. The van der Waals surface area contributed by atoms with E-state index in [1.165, 1.54) is 0 Å². The Balaban J connectivity index is 1.62. The van der Waals surface area contributed by atoms with E-state index in [1.54, 1.807) is 14.0 Å². The number of carbonyl (C=O) groups excluding carboxylic acids is 2. The van der Waals surface area contributed by atoms with Gasteiger partial charge in [0, 0.05) is 50.0 Å². The number of anilines is 2. The van der Waals surface area contributed by atoms with Crippen molar-refractivity contribution in [2.45, 2.75) is 50.4 Å². The summed E-state index contributed by atoms with van der Waals surface area (Å²) in [5.74, 6) is 0.847. The average Bonchev–Trinajstić information content (AvgIpc) is 3.72. The van der Waals surface area contributed by atoms with E-state index in [1.807, 2.05) is 42.2 Å². The zero-order valence-corrected chi connectivity index (χ0v) is 21.7. The first-order valence-electron chi connectivity index (χ1n) is 12.4. The smallest absolute Gasteiger partial charge is 0.242 e. The summed E-state index contributed by atoms with van der Waals surface area (Å²) in [5.41, 5.74) is 3.94.